The molecular formula is C14H19N3O. The molecule has 0 unspecified atom stereocenters. The van der Waals surface area contributed by atoms with Gasteiger partial charge in [0.15, 0.2) is 0 Å². The minimum absolute atomic E-state index is 0.0328. The van der Waals surface area contributed by atoms with Gasteiger partial charge in [0.05, 0.1) is 11.4 Å². The van der Waals surface area contributed by atoms with Crippen molar-refractivity contribution >= 4 is 17.4 Å². The van der Waals surface area contributed by atoms with E-state index in [2.05, 4.69) is 6.08 Å². The molecule has 0 saturated carbocycles. The quantitative estimate of drug-likeness (QED) is 0.657. The van der Waals surface area contributed by atoms with E-state index in [1.165, 1.54) is 5.57 Å². The smallest absolute Gasteiger partial charge is 0.324 e. The molecule has 0 spiro atoms. The average Bonchev–Trinajstić information content (AvgIpc) is 2.69. The standard InChI is InChI=1S/C14H19N3O/c1-11(2)7-8-16-9-10-17(14(16)18)13-6-4-3-5-12(13)15/h3-7H,8-10,15H2,1-2H3. The summed E-state index contributed by atoms with van der Waals surface area (Å²) in [6.45, 7) is 6.19. The van der Waals surface area contributed by atoms with Crippen LogP contribution in [0.25, 0.3) is 0 Å². The maximum Gasteiger partial charge on any atom is 0.324 e. The summed E-state index contributed by atoms with van der Waals surface area (Å²) in [6.07, 6.45) is 2.07. The molecule has 1 aliphatic rings. The lowest BCUT2D eigenvalue weighted by molar-refractivity contribution is 0.225. The molecule has 1 aromatic rings. The second-order valence-corrected chi connectivity index (χ2v) is 4.72. The van der Waals surface area contributed by atoms with Crippen molar-refractivity contribution in [2.45, 2.75) is 13.8 Å². The third-order valence-electron chi connectivity index (χ3n) is 3.04. The molecule has 2 rings (SSSR count). The second kappa shape index (κ2) is 5.12. The first kappa shape index (κ1) is 12.5. The number of nitrogens with zero attached hydrogens (tertiary/aromatic N) is 2. The number of rotatable bonds is 3. The van der Waals surface area contributed by atoms with Gasteiger partial charge in [-0.25, -0.2) is 4.79 Å². The van der Waals surface area contributed by atoms with E-state index < -0.39 is 0 Å². The Hall–Kier alpha value is -1.97. The van der Waals surface area contributed by atoms with E-state index in [0.717, 1.165) is 12.2 Å². The first-order valence-corrected chi connectivity index (χ1v) is 6.14. The van der Waals surface area contributed by atoms with Gasteiger partial charge in [-0.3, -0.25) is 4.90 Å². The zero-order valence-electron chi connectivity index (χ0n) is 10.9. The van der Waals surface area contributed by atoms with E-state index in [1.807, 2.05) is 43.0 Å². The number of para-hydroxylation sites is 2. The molecule has 18 heavy (non-hydrogen) atoms. The molecular weight excluding hydrogens is 226 g/mol. The molecule has 1 aromatic carbocycles. The van der Waals surface area contributed by atoms with Crippen LogP contribution in [0.1, 0.15) is 13.8 Å². The minimum atomic E-state index is 0.0328. The van der Waals surface area contributed by atoms with Crippen molar-refractivity contribution in [2.75, 3.05) is 30.3 Å². The van der Waals surface area contributed by atoms with Crippen molar-refractivity contribution in [3.05, 3.63) is 35.9 Å². The Balaban J connectivity index is 2.12. The third-order valence-corrected chi connectivity index (χ3v) is 3.04. The molecule has 1 saturated heterocycles. The van der Waals surface area contributed by atoms with Crippen LogP contribution in [0.5, 0.6) is 0 Å². The van der Waals surface area contributed by atoms with Gasteiger partial charge in [0, 0.05) is 19.6 Å². The summed E-state index contributed by atoms with van der Waals surface area (Å²) in [5, 5.41) is 0. The third kappa shape index (κ3) is 2.47. The van der Waals surface area contributed by atoms with Gasteiger partial charge in [-0.1, -0.05) is 23.8 Å². The molecule has 2 amide bonds. The van der Waals surface area contributed by atoms with Crippen LogP contribution in [0, 0.1) is 0 Å². The highest BCUT2D eigenvalue weighted by Crippen LogP contribution is 2.26. The number of carbonyl (C=O) groups excluding carboxylic acids is 1. The van der Waals surface area contributed by atoms with E-state index >= 15 is 0 Å². The molecule has 0 bridgehead atoms. The summed E-state index contributed by atoms with van der Waals surface area (Å²) in [6, 6.07) is 7.52. The van der Waals surface area contributed by atoms with Crippen molar-refractivity contribution < 1.29 is 4.79 Å². The molecule has 4 heteroatoms. The lowest BCUT2D eigenvalue weighted by Gasteiger charge is -2.19. The largest absolute Gasteiger partial charge is 0.397 e. The lowest BCUT2D eigenvalue weighted by Crippen LogP contribution is -2.32. The Morgan fingerprint density at radius 2 is 2.06 bits per heavy atom. The number of hydrogen-bond donors (Lipinski definition) is 1. The first-order chi connectivity index (χ1) is 8.59. The Bertz CT molecular complexity index is 478. The molecule has 2 N–H and O–H groups in total. The van der Waals surface area contributed by atoms with Crippen LogP contribution in [0.15, 0.2) is 35.9 Å². The number of urea groups is 1. The van der Waals surface area contributed by atoms with Gasteiger partial charge >= 0.3 is 6.03 Å². The summed E-state index contributed by atoms with van der Waals surface area (Å²) in [7, 11) is 0. The summed E-state index contributed by atoms with van der Waals surface area (Å²) >= 11 is 0. The number of carbonyl (C=O) groups is 1. The van der Waals surface area contributed by atoms with E-state index in [-0.39, 0.29) is 6.03 Å². The van der Waals surface area contributed by atoms with Crippen LogP contribution in [-0.2, 0) is 0 Å². The predicted molar refractivity (Wildman–Crippen MR) is 74.6 cm³/mol. The maximum atomic E-state index is 12.2. The van der Waals surface area contributed by atoms with Crippen LogP contribution < -0.4 is 10.6 Å². The van der Waals surface area contributed by atoms with Gasteiger partial charge in [0.1, 0.15) is 0 Å². The molecule has 0 aliphatic carbocycles. The van der Waals surface area contributed by atoms with Crippen molar-refractivity contribution in [3.8, 4) is 0 Å². The molecule has 4 nitrogen and oxygen atoms in total. The fourth-order valence-corrected chi connectivity index (χ4v) is 2.00. The minimum Gasteiger partial charge on any atom is -0.397 e. The summed E-state index contributed by atoms with van der Waals surface area (Å²) in [5.74, 6) is 0. The van der Waals surface area contributed by atoms with Gasteiger partial charge in [-0.2, -0.15) is 0 Å². The van der Waals surface area contributed by atoms with Crippen LogP contribution in [0.3, 0.4) is 0 Å². The Morgan fingerprint density at radius 3 is 2.72 bits per heavy atom. The number of amides is 2. The first-order valence-electron chi connectivity index (χ1n) is 6.14. The number of anilines is 2. The Labute approximate surface area is 108 Å². The van der Waals surface area contributed by atoms with Gasteiger partial charge in [-0.15, -0.1) is 0 Å². The van der Waals surface area contributed by atoms with Crippen LogP contribution >= 0.6 is 0 Å². The molecule has 96 valence electrons. The topological polar surface area (TPSA) is 49.6 Å². The summed E-state index contributed by atoms with van der Waals surface area (Å²) in [4.78, 5) is 15.8. The molecule has 0 atom stereocenters. The van der Waals surface area contributed by atoms with Crippen LogP contribution in [0.4, 0.5) is 16.2 Å². The predicted octanol–water partition coefficient (Wildman–Crippen LogP) is 2.48. The fourth-order valence-electron chi connectivity index (χ4n) is 2.00. The van der Waals surface area contributed by atoms with Crippen molar-refractivity contribution in [3.63, 3.8) is 0 Å². The molecule has 1 aliphatic heterocycles. The maximum absolute atomic E-state index is 12.2. The molecule has 1 fully saturated rings. The van der Waals surface area contributed by atoms with Gasteiger partial charge in [0.2, 0.25) is 0 Å². The Morgan fingerprint density at radius 1 is 1.33 bits per heavy atom. The van der Waals surface area contributed by atoms with Gasteiger partial charge < -0.3 is 10.6 Å². The average molecular weight is 245 g/mol. The van der Waals surface area contributed by atoms with Crippen LogP contribution in [-0.4, -0.2) is 30.6 Å². The van der Waals surface area contributed by atoms with E-state index in [4.69, 9.17) is 5.73 Å². The number of allylic oxidation sites excluding steroid dienone is 1. The number of benzene rings is 1. The van der Waals surface area contributed by atoms with Crippen LogP contribution in [0.2, 0.25) is 0 Å². The molecule has 0 radical (unpaired) electrons. The summed E-state index contributed by atoms with van der Waals surface area (Å²) < 4.78 is 0. The normalized spacial score (nSPS) is 15.1. The zero-order valence-corrected chi connectivity index (χ0v) is 10.9. The van der Waals surface area contributed by atoms with E-state index in [1.54, 1.807) is 4.90 Å². The lowest BCUT2D eigenvalue weighted by atomic mass is 10.2. The highest BCUT2D eigenvalue weighted by molar-refractivity contribution is 5.97. The SMILES string of the molecule is CC(C)=CCN1CCN(c2ccccc2N)C1=O. The van der Waals surface area contributed by atoms with E-state index in [9.17, 15) is 4.79 Å². The highest BCUT2D eigenvalue weighted by Gasteiger charge is 2.29. The molecule has 0 aromatic heterocycles. The highest BCUT2D eigenvalue weighted by atomic mass is 16.2. The van der Waals surface area contributed by atoms with Gasteiger partial charge in [-0.05, 0) is 26.0 Å². The molecule has 1 heterocycles. The van der Waals surface area contributed by atoms with Crippen molar-refractivity contribution in [1.82, 2.24) is 4.90 Å². The number of hydrogen-bond acceptors (Lipinski definition) is 2. The van der Waals surface area contributed by atoms with Gasteiger partial charge in [0.25, 0.3) is 0 Å². The van der Waals surface area contributed by atoms with Crippen molar-refractivity contribution in [2.24, 2.45) is 0 Å². The van der Waals surface area contributed by atoms with E-state index in [0.29, 0.717) is 18.8 Å². The van der Waals surface area contributed by atoms with Crippen molar-refractivity contribution in [1.29, 1.82) is 0 Å². The Kier molecular flexibility index (Phi) is 3.55. The monoisotopic (exact) mass is 245 g/mol. The number of nitrogen functional groups attached to an aromatic ring is 1. The summed E-state index contributed by atoms with van der Waals surface area (Å²) in [5.41, 5.74) is 8.58. The number of nitrogens with two attached hydrogens (primary N) is 1. The second-order valence-electron chi connectivity index (χ2n) is 4.72. The fraction of sp³-hybridized carbons (Fsp3) is 0.357. The zero-order chi connectivity index (χ0) is 13.1.